The van der Waals surface area contributed by atoms with Gasteiger partial charge in [-0.15, -0.1) is 0 Å². The van der Waals surface area contributed by atoms with E-state index in [2.05, 4.69) is 11.0 Å². The van der Waals surface area contributed by atoms with Gasteiger partial charge in [0.25, 0.3) is 0 Å². The lowest BCUT2D eigenvalue weighted by Crippen LogP contribution is -3.16. The van der Waals surface area contributed by atoms with Gasteiger partial charge in [0, 0.05) is 6.04 Å². The van der Waals surface area contributed by atoms with E-state index in [1.807, 2.05) is 25.1 Å². The van der Waals surface area contributed by atoms with Gasteiger partial charge >= 0.3 is 17.8 Å². The number of amides is 4. The van der Waals surface area contributed by atoms with Gasteiger partial charge in [-0.05, 0) is 31.9 Å². The second-order valence-electron chi connectivity index (χ2n) is 7.93. The molecule has 0 radical (unpaired) electrons. The lowest BCUT2D eigenvalue weighted by atomic mass is 10.2. The van der Waals surface area contributed by atoms with Gasteiger partial charge in [-0.25, -0.2) is 9.69 Å². The van der Waals surface area contributed by atoms with Crippen LogP contribution < -0.4 is 14.5 Å². The van der Waals surface area contributed by atoms with Crippen molar-refractivity contribution in [1.29, 1.82) is 0 Å². The normalized spacial score (nSPS) is 21.6. The minimum Gasteiger partial charge on any atom is -0.492 e. The summed E-state index contributed by atoms with van der Waals surface area (Å²) in [5, 5.41) is 0. The number of piperazine rings is 1. The van der Waals surface area contributed by atoms with Crippen molar-refractivity contribution in [3.8, 4) is 5.75 Å². The number of benzene rings is 1. The van der Waals surface area contributed by atoms with E-state index < -0.39 is 17.8 Å². The van der Waals surface area contributed by atoms with E-state index >= 15 is 0 Å². The predicted octanol–water partition coefficient (Wildman–Crippen LogP) is 0.481. The van der Waals surface area contributed by atoms with Gasteiger partial charge in [-0.1, -0.05) is 25.0 Å². The van der Waals surface area contributed by atoms with E-state index in [0.717, 1.165) is 73.1 Å². The Labute approximate surface area is 171 Å². The van der Waals surface area contributed by atoms with Gasteiger partial charge in [0.05, 0.1) is 38.5 Å². The van der Waals surface area contributed by atoms with Crippen LogP contribution in [0.4, 0.5) is 10.5 Å². The molecule has 0 bridgehead atoms. The van der Waals surface area contributed by atoms with Gasteiger partial charge in [0.1, 0.15) is 5.75 Å². The molecular weight excluding hydrogens is 372 g/mol. The number of ether oxygens (including phenoxy) is 1. The number of carbonyl (C=O) groups is 3. The highest BCUT2D eigenvalue weighted by Crippen LogP contribution is 2.28. The number of nitrogens with one attached hydrogen (secondary N) is 1. The molecule has 0 spiro atoms. The fourth-order valence-corrected chi connectivity index (χ4v) is 4.59. The van der Waals surface area contributed by atoms with Crippen molar-refractivity contribution in [2.45, 2.75) is 38.6 Å². The minimum atomic E-state index is -0.668. The van der Waals surface area contributed by atoms with Crippen LogP contribution in [0.1, 0.15) is 32.6 Å². The zero-order valence-corrected chi connectivity index (χ0v) is 16.9. The van der Waals surface area contributed by atoms with Crippen molar-refractivity contribution in [3.63, 3.8) is 0 Å². The molecule has 2 aliphatic heterocycles. The summed E-state index contributed by atoms with van der Waals surface area (Å²) in [4.78, 5) is 43.3. The number of hydrogen-bond acceptors (Lipinski definition) is 5. The molecule has 2 heterocycles. The van der Waals surface area contributed by atoms with Gasteiger partial charge in [0.15, 0.2) is 6.67 Å². The lowest BCUT2D eigenvalue weighted by Gasteiger charge is -2.35. The van der Waals surface area contributed by atoms with E-state index in [9.17, 15) is 14.4 Å². The Morgan fingerprint density at radius 2 is 1.72 bits per heavy atom. The Hall–Kier alpha value is -2.61. The topological polar surface area (TPSA) is 74.6 Å². The molecule has 3 fully saturated rings. The SMILES string of the molecule is CCOc1ccccc1N1CC[NH+](CN2C(=O)C(=O)N(C3CCCC3)C2=O)CC1. The van der Waals surface area contributed by atoms with Crippen LogP contribution in [-0.4, -0.2) is 73.1 Å². The first-order chi connectivity index (χ1) is 14.1. The molecule has 1 aromatic rings. The molecule has 0 unspecified atom stereocenters. The number of para-hydroxylation sites is 2. The summed E-state index contributed by atoms with van der Waals surface area (Å²) in [7, 11) is 0. The van der Waals surface area contributed by atoms with Crippen LogP contribution in [0.5, 0.6) is 5.75 Å². The summed E-state index contributed by atoms with van der Waals surface area (Å²) in [6.07, 6.45) is 3.63. The highest BCUT2D eigenvalue weighted by Gasteiger charge is 2.49. The monoisotopic (exact) mass is 401 g/mol. The Morgan fingerprint density at radius 3 is 2.41 bits per heavy atom. The Kier molecular flexibility index (Phi) is 5.71. The molecule has 29 heavy (non-hydrogen) atoms. The van der Waals surface area contributed by atoms with Gasteiger partial charge in [-0.2, -0.15) is 0 Å². The van der Waals surface area contributed by atoms with Crippen molar-refractivity contribution in [2.75, 3.05) is 44.4 Å². The Balaban J connectivity index is 1.37. The van der Waals surface area contributed by atoms with Crippen LogP contribution in [0, 0.1) is 0 Å². The van der Waals surface area contributed by atoms with Crippen molar-refractivity contribution in [2.24, 2.45) is 0 Å². The minimum absolute atomic E-state index is 0.106. The zero-order chi connectivity index (χ0) is 20.4. The van der Waals surface area contributed by atoms with Gasteiger partial charge < -0.3 is 14.5 Å². The first-order valence-corrected chi connectivity index (χ1v) is 10.6. The summed E-state index contributed by atoms with van der Waals surface area (Å²) in [5.41, 5.74) is 1.07. The molecule has 1 saturated carbocycles. The molecule has 8 nitrogen and oxygen atoms in total. The highest BCUT2D eigenvalue weighted by molar-refractivity contribution is 6.44. The first-order valence-electron chi connectivity index (χ1n) is 10.6. The van der Waals surface area contributed by atoms with E-state index in [1.54, 1.807) is 0 Å². The van der Waals surface area contributed by atoms with Crippen LogP contribution in [-0.2, 0) is 9.59 Å². The fraction of sp³-hybridized carbons (Fsp3) is 0.571. The quantitative estimate of drug-likeness (QED) is 0.555. The third-order valence-corrected chi connectivity index (χ3v) is 6.13. The lowest BCUT2D eigenvalue weighted by molar-refractivity contribution is -0.907. The number of carbonyl (C=O) groups excluding carboxylic acids is 3. The fourth-order valence-electron chi connectivity index (χ4n) is 4.59. The average Bonchev–Trinajstić information content (AvgIpc) is 3.33. The van der Waals surface area contributed by atoms with Crippen LogP contribution in [0.2, 0.25) is 0 Å². The summed E-state index contributed by atoms with van der Waals surface area (Å²) in [6, 6.07) is 7.47. The van der Waals surface area contributed by atoms with E-state index in [1.165, 1.54) is 4.90 Å². The maximum atomic E-state index is 12.8. The number of anilines is 1. The number of hydrogen-bond donors (Lipinski definition) is 1. The smallest absolute Gasteiger partial charge is 0.338 e. The number of rotatable bonds is 6. The Morgan fingerprint density at radius 1 is 1.03 bits per heavy atom. The molecule has 156 valence electrons. The molecule has 0 atom stereocenters. The van der Waals surface area contributed by atoms with Crippen LogP contribution in [0.15, 0.2) is 24.3 Å². The summed E-state index contributed by atoms with van der Waals surface area (Å²) >= 11 is 0. The van der Waals surface area contributed by atoms with Crippen molar-refractivity contribution in [3.05, 3.63) is 24.3 Å². The number of nitrogens with zero attached hydrogens (tertiary/aromatic N) is 3. The standard InChI is InChI=1S/C21H28N4O4/c1-2-29-18-10-6-5-9-17(18)23-13-11-22(12-14-23)15-24-19(26)20(27)25(21(24)28)16-7-3-4-8-16/h5-6,9-10,16H,2-4,7-8,11-15H2,1H3/p+1. The number of quaternary nitrogens is 1. The molecule has 3 aliphatic rings. The second-order valence-corrected chi connectivity index (χ2v) is 7.93. The summed E-state index contributed by atoms with van der Waals surface area (Å²) in [5.74, 6) is -0.440. The summed E-state index contributed by atoms with van der Waals surface area (Å²) in [6.45, 7) is 6.02. The molecule has 8 heteroatoms. The van der Waals surface area contributed by atoms with Crippen molar-refractivity contribution >= 4 is 23.5 Å². The van der Waals surface area contributed by atoms with E-state index in [-0.39, 0.29) is 12.7 Å². The highest BCUT2D eigenvalue weighted by atomic mass is 16.5. The van der Waals surface area contributed by atoms with Gasteiger partial charge in [-0.3, -0.25) is 14.5 Å². The van der Waals surface area contributed by atoms with E-state index in [4.69, 9.17) is 4.74 Å². The Bertz CT molecular complexity index is 785. The predicted molar refractivity (Wildman–Crippen MR) is 107 cm³/mol. The first kappa shape index (κ1) is 19.7. The average molecular weight is 401 g/mol. The van der Waals surface area contributed by atoms with Crippen LogP contribution >= 0.6 is 0 Å². The van der Waals surface area contributed by atoms with Crippen molar-refractivity contribution < 1.29 is 24.0 Å². The second kappa shape index (κ2) is 8.41. The molecule has 1 aromatic carbocycles. The molecule has 0 aromatic heterocycles. The van der Waals surface area contributed by atoms with Gasteiger partial charge in [0.2, 0.25) is 0 Å². The molecule has 4 amide bonds. The maximum Gasteiger partial charge on any atom is 0.338 e. The maximum absolute atomic E-state index is 12.8. The summed E-state index contributed by atoms with van der Waals surface area (Å²) < 4.78 is 5.74. The largest absolute Gasteiger partial charge is 0.492 e. The third kappa shape index (κ3) is 3.81. The molecular formula is C21H29N4O4+. The van der Waals surface area contributed by atoms with Crippen molar-refractivity contribution in [1.82, 2.24) is 9.80 Å². The van der Waals surface area contributed by atoms with E-state index in [0.29, 0.717) is 6.61 Å². The molecule has 2 saturated heterocycles. The molecule has 4 rings (SSSR count). The zero-order valence-electron chi connectivity index (χ0n) is 16.9. The number of urea groups is 1. The number of imide groups is 2. The third-order valence-electron chi connectivity index (χ3n) is 6.13. The molecule has 1 N–H and O–H groups in total. The molecule has 1 aliphatic carbocycles. The van der Waals surface area contributed by atoms with Crippen LogP contribution in [0.3, 0.4) is 0 Å². The van der Waals surface area contributed by atoms with Crippen LogP contribution in [0.25, 0.3) is 0 Å².